The molecule has 0 aliphatic carbocycles. The van der Waals surface area contributed by atoms with Crippen molar-refractivity contribution < 1.29 is 0 Å². The third-order valence-corrected chi connectivity index (χ3v) is 11.4. The van der Waals surface area contributed by atoms with Crippen LogP contribution in [0.5, 0.6) is 0 Å². The highest BCUT2D eigenvalue weighted by atomic mass is 32.1. The monoisotopic (exact) mass is 608 g/mol. The average molecular weight is 609 g/mol. The van der Waals surface area contributed by atoms with E-state index in [0.717, 1.165) is 39.1 Å². The summed E-state index contributed by atoms with van der Waals surface area (Å²) in [6.45, 7) is 0. The number of hydrogen-bond acceptors (Lipinski definition) is 5. The van der Waals surface area contributed by atoms with Gasteiger partial charge < -0.3 is 4.40 Å². The molecule has 0 atom stereocenters. The zero-order chi connectivity index (χ0) is 29.2. The predicted octanol–water partition coefficient (Wildman–Crippen LogP) is 11.1. The summed E-state index contributed by atoms with van der Waals surface area (Å²) >= 11 is 3.53. The second-order valence-corrected chi connectivity index (χ2v) is 13.5. The number of hydrogen-bond donors (Lipinski definition) is 0. The lowest BCUT2D eigenvalue weighted by Gasteiger charge is -2.10. The minimum absolute atomic E-state index is 0.755. The molecule has 45 heavy (non-hydrogen) atoms. The molecule has 0 fully saturated rings. The van der Waals surface area contributed by atoms with Gasteiger partial charge in [0.05, 0.1) is 43.5 Å². The Bertz CT molecular complexity index is 3000. The number of thiazole rings is 1. The fraction of sp³-hybridized carbons (Fsp3) is 0. The van der Waals surface area contributed by atoms with Gasteiger partial charge in [-0.15, -0.1) is 22.7 Å². The Labute approximate surface area is 263 Å². The van der Waals surface area contributed by atoms with E-state index in [2.05, 4.69) is 120 Å². The molecule has 4 nitrogen and oxygen atoms in total. The molecule has 5 aromatic heterocycles. The molecule has 208 valence electrons. The third kappa shape index (κ3) is 3.12. The van der Waals surface area contributed by atoms with Crippen LogP contribution in [0.4, 0.5) is 0 Å². The molecule has 6 aromatic carbocycles. The molecule has 0 N–H and O–H groups in total. The first-order valence-corrected chi connectivity index (χ1v) is 16.6. The first-order chi connectivity index (χ1) is 22.3. The Hall–Kier alpha value is -5.43. The van der Waals surface area contributed by atoms with Crippen LogP contribution in [-0.2, 0) is 0 Å². The molecule has 0 saturated heterocycles. The van der Waals surface area contributed by atoms with E-state index in [-0.39, 0.29) is 0 Å². The number of benzene rings is 6. The van der Waals surface area contributed by atoms with Crippen LogP contribution >= 0.6 is 22.7 Å². The van der Waals surface area contributed by atoms with Gasteiger partial charge in [-0.2, -0.15) is 0 Å². The van der Waals surface area contributed by atoms with Crippen molar-refractivity contribution in [1.29, 1.82) is 0 Å². The highest BCUT2D eigenvalue weighted by Crippen LogP contribution is 2.45. The van der Waals surface area contributed by atoms with Crippen LogP contribution in [0.1, 0.15) is 0 Å². The highest BCUT2D eigenvalue weighted by Gasteiger charge is 2.22. The van der Waals surface area contributed by atoms with Crippen molar-refractivity contribution in [1.82, 2.24) is 19.4 Å². The molecule has 0 aliphatic rings. The van der Waals surface area contributed by atoms with Crippen LogP contribution in [-0.4, -0.2) is 19.4 Å². The van der Waals surface area contributed by atoms with E-state index in [1.54, 1.807) is 11.3 Å². The minimum Gasteiger partial charge on any atom is -0.308 e. The van der Waals surface area contributed by atoms with E-state index >= 15 is 0 Å². The maximum absolute atomic E-state index is 5.35. The first kappa shape index (κ1) is 24.0. The fourth-order valence-corrected chi connectivity index (χ4v) is 9.41. The molecule has 11 aromatic rings. The summed E-state index contributed by atoms with van der Waals surface area (Å²) < 4.78 is 6.16. The molecular weight excluding hydrogens is 589 g/mol. The van der Waals surface area contributed by atoms with E-state index in [1.165, 1.54) is 63.0 Å². The molecule has 6 heteroatoms. The number of rotatable bonds is 2. The van der Waals surface area contributed by atoms with Crippen LogP contribution < -0.4 is 0 Å². The first-order valence-electron chi connectivity index (χ1n) is 14.9. The van der Waals surface area contributed by atoms with E-state index in [0.29, 0.717) is 0 Å². The second-order valence-electron chi connectivity index (χ2n) is 11.6. The molecule has 0 bridgehead atoms. The second kappa shape index (κ2) is 8.60. The Balaban J connectivity index is 1.23. The normalized spacial score (nSPS) is 12.4. The van der Waals surface area contributed by atoms with E-state index in [1.807, 2.05) is 16.8 Å². The molecular formula is C39H20N4S2. The lowest BCUT2D eigenvalue weighted by atomic mass is 10.0. The van der Waals surface area contributed by atoms with Gasteiger partial charge in [-0.1, -0.05) is 72.8 Å². The smallest absolute Gasteiger partial charge is 0.161 e. The van der Waals surface area contributed by atoms with Gasteiger partial charge in [-0.05, 0) is 42.5 Å². The van der Waals surface area contributed by atoms with Crippen molar-refractivity contribution in [3.63, 3.8) is 0 Å². The maximum atomic E-state index is 5.35. The number of thiophene rings is 1. The van der Waals surface area contributed by atoms with Crippen LogP contribution in [0.3, 0.4) is 0 Å². The number of aromatic nitrogens is 4. The fourth-order valence-electron chi connectivity index (χ4n) is 7.37. The molecule has 0 aliphatic heterocycles. The molecule has 0 unspecified atom stereocenters. The largest absolute Gasteiger partial charge is 0.308 e. The Morgan fingerprint density at radius 2 is 1.36 bits per heavy atom. The minimum atomic E-state index is 0.755. The standard InChI is InChI=1S/C39H20N4S2/c1-4-13-29-25(10-1)35(42-39(41-29)26-12-7-11-24-23-9-3-6-15-33(23)45-37(24)26)21-16-17-32-28(18-21)34-36-27(19-30-38(34)44-20-40-30)22-8-2-5-14-31(22)43(32)36/h1-20H. The van der Waals surface area contributed by atoms with Crippen molar-refractivity contribution in [2.45, 2.75) is 0 Å². The molecule has 0 saturated carbocycles. The zero-order valence-electron chi connectivity index (χ0n) is 23.7. The summed E-state index contributed by atoms with van der Waals surface area (Å²) in [4.78, 5) is 15.2. The summed E-state index contributed by atoms with van der Waals surface area (Å²) in [5.74, 6) is 0.755. The van der Waals surface area contributed by atoms with Crippen molar-refractivity contribution in [2.24, 2.45) is 0 Å². The molecule has 0 radical (unpaired) electrons. The van der Waals surface area contributed by atoms with Gasteiger partial charge in [-0.3, -0.25) is 0 Å². The van der Waals surface area contributed by atoms with E-state index < -0.39 is 0 Å². The predicted molar refractivity (Wildman–Crippen MR) is 191 cm³/mol. The van der Waals surface area contributed by atoms with Gasteiger partial charge in [0.25, 0.3) is 0 Å². The van der Waals surface area contributed by atoms with Gasteiger partial charge in [0, 0.05) is 58.2 Å². The molecule has 0 amide bonds. The van der Waals surface area contributed by atoms with Crippen molar-refractivity contribution in [3.8, 4) is 22.6 Å². The van der Waals surface area contributed by atoms with Crippen LogP contribution in [0.15, 0.2) is 121 Å². The highest BCUT2D eigenvalue weighted by molar-refractivity contribution is 7.26. The summed E-state index contributed by atoms with van der Waals surface area (Å²) in [7, 11) is 0. The lowest BCUT2D eigenvalue weighted by Crippen LogP contribution is -1.95. The quantitative estimate of drug-likeness (QED) is 0.196. The van der Waals surface area contributed by atoms with Crippen LogP contribution in [0, 0.1) is 0 Å². The summed E-state index contributed by atoms with van der Waals surface area (Å²) in [6, 6.07) is 41.3. The van der Waals surface area contributed by atoms with Gasteiger partial charge in [0.15, 0.2) is 5.82 Å². The van der Waals surface area contributed by atoms with Crippen LogP contribution in [0.25, 0.3) is 102 Å². The molecule has 0 spiro atoms. The van der Waals surface area contributed by atoms with Crippen molar-refractivity contribution in [2.75, 3.05) is 0 Å². The zero-order valence-corrected chi connectivity index (χ0v) is 25.3. The number of fused-ring (bicyclic) bond motifs is 12. The van der Waals surface area contributed by atoms with E-state index in [4.69, 9.17) is 15.0 Å². The van der Waals surface area contributed by atoms with Crippen LogP contribution in [0.2, 0.25) is 0 Å². The third-order valence-electron chi connectivity index (χ3n) is 9.28. The van der Waals surface area contributed by atoms with E-state index in [9.17, 15) is 0 Å². The topological polar surface area (TPSA) is 43.1 Å². The summed E-state index contributed by atoms with van der Waals surface area (Å²) in [5.41, 5.74) is 10.8. The van der Waals surface area contributed by atoms with Gasteiger partial charge >= 0.3 is 0 Å². The maximum Gasteiger partial charge on any atom is 0.161 e. The van der Waals surface area contributed by atoms with Gasteiger partial charge in [0.1, 0.15) is 0 Å². The Kier molecular flexibility index (Phi) is 4.58. The SMILES string of the molecule is c1ccc2c(-c3ccc4c(c3)c3c5scnc5cc5c6ccccc6n4c53)nc(-c3cccc4c3sc3ccccc34)nc2c1. The van der Waals surface area contributed by atoms with Gasteiger partial charge in [-0.25, -0.2) is 15.0 Å². The Morgan fingerprint density at radius 1 is 0.556 bits per heavy atom. The number of para-hydroxylation sites is 2. The molecule has 11 rings (SSSR count). The van der Waals surface area contributed by atoms with Gasteiger partial charge in [0.2, 0.25) is 0 Å². The average Bonchev–Trinajstić information content (AvgIpc) is 3.86. The van der Waals surface area contributed by atoms with Crippen molar-refractivity contribution >= 4 is 102 Å². The number of nitrogens with zero attached hydrogens (tertiary/aromatic N) is 4. The summed E-state index contributed by atoms with van der Waals surface area (Å²) in [5, 5.41) is 8.59. The lowest BCUT2D eigenvalue weighted by molar-refractivity contribution is 1.24. The molecule has 5 heterocycles. The van der Waals surface area contributed by atoms with Crippen molar-refractivity contribution in [3.05, 3.63) is 121 Å². The summed E-state index contributed by atoms with van der Waals surface area (Å²) in [6.07, 6.45) is 0. The Morgan fingerprint density at radius 3 is 2.31 bits per heavy atom.